The van der Waals surface area contributed by atoms with Crippen LogP contribution in [0, 0.1) is 0 Å². The molecule has 4 heteroatoms. The number of rotatable bonds is 7. The quantitative estimate of drug-likeness (QED) is 0.829. The smallest absolute Gasteiger partial charge is 0.119 e. The highest BCUT2D eigenvalue weighted by Gasteiger charge is 2.20. The molecule has 1 saturated carbocycles. The first-order chi connectivity index (χ1) is 10.3. The molecular weight excluding hydrogens is 328 g/mol. The fraction of sp³-hybridized carbons (Fsp3) is 0.353. The molecule has 1 heterocycles. The van der Waals surface area contributed by atoms with Gasteiger partial charge in [0.25, 0.3) is 0 Å². The highest BCUT2D eigenvalue weighted by atomic mass is 79.9. The van der Waals surface area contributed by atoms with Crippen molar-refractivity contribution in [1.29, 1.82) is 0 Å². The van der Waals surface area contributed by atoms with E-state index < -0.39 is 0 Å². The molecule has 2 aromatic rings. The summed E-state index contributed by atoms with van der Waals surface area (Å²) >= 11 is 3.60. The Labute approximate surface area is 133 Å². The summed E-state index contributed by atoms with van der Waals surface area (Å²) in [6, 6.07) is 11.0. The maximum absolute atomic E-state index is 5.86. The van der Waals surface area contributed by atoms with E-state index in [1.54, 1.807) is 0 Å². The number of ether oxygens (including phenoxy) is 1. The van der Waals surface area contributed by atoms with Gasteiger partial charge in [-0.05, 0) is 54.3 Å². The summed E-state index contributed by atoms with van der Waals surface area (Å²) in [4.78, 5) is 4.02. The zero-order chi connectivity index (χ0) is 14.5. The molecule has 1 aromatic carbocycles. The standard InChI is InChI=1S/C17H19BrN2O/c18-17-4-3-16(11-14(17)12-20-15-1-2-15)21-10-7-13-5-8-19-9-6-13/h3-6,8-9,11,15,20H,1-2,7,10,12H2. The molecule has 0 spiro atoms. The zero-order valence-electron chi connectivity index (χ0n) is 11.9. The summed E-state index contributed by atoms with van der Waals surface area (Å²) in [7, 11) is 0. The van der Waals surface area contributed by atoms with Gasteiger partial charge in [0.2, 0.25) is 0 Å². The van der Waals surface area contributed by atoms with Gasteiger partial charge in [-0.25, -0.2) is 0 Å². The number of halogens is 1. The van der Waals surface area contributed by atoms with E-state index in [1.165, 1.54) is 24.0 Å². The van der Waals surface area contributed by atoms with Crippen molar-refractivity contribution >= 4 is 15.9 Å². The van der Waals surface area contributed by atoms with Gasteiger partial charge in [-0.1, -0.05) is 15.9 Å². The van der Waals surface area contributed by atoms with Gasteiger partial charge in [-0.2, -0.15) is 0 Å². The monoisotopic (exact) mass is 346 g/mol. The molecule has 1 aliphatic rings. The minimum absolute atomic E-state index is 0.682. The van der Waals surface area contributed by atoms with Crippen LogP contribution < -0.4 is 10.1 Å². The van der Waals surface area contributed by atoms with Gasteiger partial charge in [-0.15, -0.1) is 0 Å². The Morgan fingerprint density at radius 3 is 2.76 bits per heavy atom. The predicted molar refractivity (Wildman–Crippen MR) is 87.4 cm³/mol. The van der Waals surface area contributed by atoms with Gasteiger partial charge in [0, 0.05) is 35.9 Å². The Bertz CT molecular complexity index is 585. The van der Waals surface area contributed by atoms with E-state index in [-0.39, 0.29) is 0 Å². The molecule has 0 unspecified atom stereocenters. The molecule has 110 valence electrons. The predicted octanol–water partition coefficient (Wildman–Crippen LogP) is 3.72. The molecule has 1 aromatic heterocycles. The Kier molecular flexibility index (Phi) is 4.88. The van der Waals surface area contributed by atoms with Crippen LogP contribution in [0.3, 0.4) is 0 Å². The maximum Gasteiger partial charge on any atom is 0.119 e. The van der Waals surface area contributed by atoms with Gasteiger partial charge in [-0.3, -0.25) is 4.98 Å². The number of benzene rings is 1. The van der Waals surface area contributed by atoms with Crippen LogP contribution in [0.5, 0.6) is 5.75 Å². The fourth-order valence-electron chi connectivity index (χ4n) is 2.15. The lowest BCUT2D eigenvalue weighted by Crippen LogP contribution is -2.15. The molecule has 1 N–H and O–H groups in total. The van der Waals surface area contributed by atoms with Crippen molar-refractivity contribution in [1.82, 2.24) is 10.3 Å². The van der Waals surface area contributed by atoms with E-state index >= 15 is 0 Å². The van der Waals surface area contributed by atoms with Crippen molar-refractivity contribution < 1.29 is 4.74 Å². The van der Waals surface area contributed by atoms with Crippen LogP contribution >= 0.6 is 15.9 Å². The Hall–Kier alpha value is -1.39. The van der Waals surface area contributed by atoms with Crippen LogP contribution in [0.4, 0.5) is 0 Å². The Morgan fingerprint density at radius 1 is 1.19 bits per heavy atom. The molecule has 1 fully saturated rings. The largest absolute Gasteiger partial charge is 0.493 e. The lowest BCUT2D eigenvalue weighted by Gasteiger charge is -2.10. The van der Waals surface area contributed by atoms with Gasteiger partial charge in [0.05, 0.1) is 6.61 Å². The van der Waals surface area contributed by atoms with E-state index in [1.807, 2.05) is 30.6 Å². The highest BCUT2D eigenvalue weighted by Crippen LogP contribution is 2.25. The third-order valence-electron chi connectivity index (χ3n) is 3.58. The van der Waals surface area contributed by atoms with E-state index in [2.05, 4.69) is 38.4 Å². The van der Waals surface area contributed by atoms with Crippen molar-refractivity contribution in [2.24, 2.45) is 0 Å². The highest BCUT2D eigenvalue weighted by molar-refractivity contribution is 9.10. The number of pyridine rings is 1. The molecule has 0 aliphatic heterocycles. The van der Waals surface area contributed by atoms with Crippen molar-refractivity contribution in [3.63, 3.8) is 0 Å². The number of nitrogens with zero attached hydrogens (tertiary/aromatic N) is 1. The fourth-order valence-corrected chi connectivity index (χ4v) is 2.54. The second-order valence-electron chi connectivity index (χ2n) is 5.36. The molecule has 0 radical (unpaired) electrons. The molecule has 0 saturated heterocycles. The second kappa shape index (κ2) is 7.05. The molecule has 21 heavy (non-hydrogen) atoms. The van der Waals surface area contributed by atoms with Crippen LogP contribution in [0.25, 0.3) is 0 Å². The van der Waals surface area contributed by atoms with Crippen molar-refractivity contribution in [3.8, 4) is 5.75 Å². The van der Waals surface area contributed by atoms with E-state index in [0.717, 1.165) is 23.2 Å². The van der Waals surface area contributed by atoms with Crippen LogP contribution in [-0.4, -0.2) is 17.6 Å². The number of nitrogens with one attached hydrogen (secondary N) is 1. The van der Waals surface area contributed by atoms with Crippen LogP contribution in [0.2, 0.25) is 0 Å². The average Bonchev–Trinajstić information content (AvgIpc) is 3.33. The summed E-state index contributed by atoms with van der Waals surface area (Å²) in [5.41, 5.74) is 2.50. The van der Waals surface area contributed by atoms with Gasteiger partial charge >= 0.3 is 0 Å². The Balaban J connectivity index is 1.53. The minimum atomic E-state index is 0.682. The van der Waals surface area contributed by atoms with E-state index in [0.29, 0.717) is 12.6 Å². The molecule has 3 nitrogen and oxygen atoms in total. The summed E-state index contributed by atoms with van der Waals surface area (Å²) in [5.74, 6) is 0.930. The Morgan fingerprint density at radius 2 is 2.00 bits per heavy atom. The third kappa shape index (κ3) is 4.55. The van der Waals surface area contributed by atoms with Crippen molar-refractivity contribution in [2.75, 3.05) is 6.61 Å². The SMILES string of the molecule is Brc1ccc(OCCc2ccncc2)cc1CNC1CC1. The lowest BCUT2D eigenvalue weighted by atomic mass is 10.2. The van der Waals surface area contributed by atoms with Gasteiger partial charge in [0.1, 0.15) is 5.75 Å². The lowest BCUT2D eigenvalue weighted by molar-refractivity contribution is 0.321. The van der Waals surface area contributed by atoms with Gasteiger partial charge in [0.15, 0.2) is 0 Å². The molecule has 0 atom stereocenters. The van der Waals surface area contributed by atoms with Crippen LogP contribution in [0.15, 0.2) is 47.2 Å². The van der Waals surface area contributed by atoms with E-state index in [9.17, 15) is 0 Å². The first kappa shape index (κ1) is 14.5. The molecule has 0 amide bonds. The first-order valence-corrected chi connectivity index (χ1v) is 8.14. The van der Waals surface area contributed by atoms with Crippen molar-refractivity contribution in [2.45, 2.75) is 31.8 Å². The van der Waals surface area contributed by atoms with Gasteiger partial charge < -0.3 is 10.1 Å². The van der Waals surface area contributed by atoms with E-state index in [4.69, 9.17) is 4.74 Å². The number of hydrogen-bond acceptors (Lipinski definition) is 3. The van der Waals surface area contributed by atoms with Crippen LogP contribution in [-0.2, 0) is 13.0 Å². The summed E-state index contributed by atoms with van der Waals surface area (Å²) in [6.45, 7) is 1.58. The van der Waals surface area contributed by atoms with Crippen LogP contribution in [0.1, 0.15) is 24.0 Å². The topological polar surface area (TPSA) is 34.1 Å². The number of aromatic nitrogens is 1. The minimum Gasteiger partial charge on any atom is -0.493 e. The maximum atomic E-state index is 5.86. The second-order valence-corrected chi connectivity index (χ2v) is 6.22. The average molecular weight is 347 g/mol. The molecule has 3 rings (SSSR count). The molecule has 1 aliphatic carbocycles. The summed E-state index contributed by atoms with van der Waals surface area (Å²) in [5, 5.41) is 3.53. The molecule has 0 bridgehead atoms. The molecular formula is C17H19BrN2O. The zero-order valence-corrected chi connectivity index (χ0v) is 13.5. The summed E-state index contributed by atoms with van der Waals surface area (Å²) < 4.78 is 7.00. The normalized spacial score (nSPS) is 14.1. The first-order valence-electron chi connectivity index (χ1n) is 7.35. The third-order valence-corrected chi connectivity index (χ3v) is 4.36. The number of hydrogen-bond donors (Lipinski definition) is 1. The summed E-state index contributed by atoms with van der Waals surface area (Å²) in [6.07, 6.45) is 7.14. The van der Waals surface area contributed by atoms with Crippen molar-refractivity contribution in [3.05, 3.63) is 58.3 Å².